The minimum absolute atomic E-state index is 0.0147. The summed E-state index contributed by atoms with van der Waals surface area (Å²) in [5.74, 6) is 0. The molecular formula is C21H26N2O7S. The third-order valence-electron chi connectivity index (χ3n) is 4.45. The van der Waals surface area contributed by atoms with Gasteiger partial charge in [-0.05, 0) is 63.4 Å². The second-order valence-corrected chi connectivity index (χ2v) is 9.32. The minimum Gasteiger partial charge on any atom is -0.445 e. The second-order valence-electron chi connectivity index (χ2n) is 7.70. The second kappa shape index (κ2) is 10.4. The number of alkyl carbamates (subject to hydrolysis) is 1. The van der Waals surface area contributed by atoms with Gasteiger partial charge in [-0.25, -0.2) is 4.79 Å². The molecule has 0 aliphatic carbocycles. The smallest absolute Gasteiger partial charge is 0.407 e. The van der Waals surface area contributed by atoms with Gasteiger partial charge in [-0.1, -0.05) is 17.7 Å². The van der Waals surface area contributed by atoms with Crippen molar-refractivity contribution in [2.45, 2.75) is 50.7 Å². The highest BCUT2D eigenvalue weighted by Gasteiger charge is 2.22. The van der Waals surface area contributed by atoms with Crippen molar-refractivity contribution in [2.75, 3.05) is 6.61 Å². The van der Waals surface area contributed by atoms with E-state index in [9.17, 15) is 23.3 Å². The predicted molar refractivity (Wildman–Crippen MR) is 114 cm³/mol. The SMILES string of the molecule is Cc1ccc(S(=O)(=O)OCCCC(C)(C)NC(=O)OCc2ccc([N+](=O)[O-])cc2)cc1. The number of nitro benzene ring substituents is 1. The van der Waals surface area contributed by atoms with Crippen LogP contribution in [0.25, 0.3) is 0 Å². The first-order valence-electron chi connectivity index (χ1n) is 9.63. The van der Waals surface area contributed by atoms with Crippen LogP contribution in [0.2, 0.25) is 0 Å². The molecule has 1 amide bonds. The van der Waals surface area contributed by atoms with E-state index >= 15 is 0 Å². The first-order valence-corrected chi connectivity index (χ1v) is 11.0. The third kappa shape index (κ3) is 7.99. The molecule has 2 rings (SSSR count). The standard InChI is InChI=1S/C21H26N2O7S/c1-16-5-11-19(12-6-16)31(27,28)30-14-4-13-21(2,3)22-20(24)29-15-17-7-9-18(10-8-17)23(25)26/h5-12H,4,13-15H2,1-3H3,(H,22,24). The predicted octanol–water partition coefficient (Wildman–Crippen LogP) is 4.09. The average molecular weight is 451 g/mol. The van der Waals surface area contributed by atoms with E-state index in [0.717, 1.165) is 5.56 Å². The average Bonchev–Trinajstić information content (AvgIpc) is 2.70. The number of nitrogens with one attached hydrogen (secondary N) is 1. The van der Waals surface area contributed by atoms with Crippen molar-refractivity contribution in [1.82, 2.24) is 5.32 Å². The molecule has 168 valence electrons. The lowest BCUT2D eigenvalue weighted by Crippen LogP contribution is -2.43. The summed E-state index contributed by atoms with van der Waals surface area (Å²) in [7, 11) is -3.82. The van der Waals surface area contributed by atoms with Crippen LogP contribution in [-0.2, 0) is 25.6 Å². The molecule has 0 aromatic heterocycles. The lowest BCUT2D eigenvalue weighted by Gasteiger charge is -2.25. The Morgan fingerprint density at radius 3 is 2.29 bits per heavy atom. The Morgan fingerprint density at radius 2 is 1.71 bits per heavy atom. The number of carbonyl (C=O) groups excluding carboxylic acids is 1. The Balaban J connectivity index is 1.74. The summed E-state index contributed by atoms with van der Waals surface area (Å²) in [4.78, 5) is 22.3. The van der Waals surface area contributed by atoms with Gasteiger partial charge in [-0.2, -0.15) is 8.42 Å². The molecule has 0 saturated carbocycles. The number of amides is 1. The maximum absolute atomic E-state index is 12.2. The molecule has 31 heavy (non-hydrogen) atoms. The van der Waals surface area contributed by atoms with Crippen LogP contribution in [-0.4, -0.2) is 31.6 Å². The van der Waals surface area contributed by atoms with Crippen molar-refractivity contribution in [1.29, 1.82) is 0 Å². The molecule has 2 aromatic carbocycles. The summed E-state index contributed by atoms with van der Waals surface area (Å²) in [6, 6.07) is 12.1. The molecule has 0 unspecified atom stereocenters. The molecule has 0 saturated heterocycles. The Bertz CT molecular complexity index is 1000. The number of ether oxygens (including phenoxy) is 1. The lowest BCUT2D eigenvalue weighted by molar-refractivity contribution is -0.384. The van der Waals surface area contributed by atoms with E-state index in [1.807, 2.05) is 6.92 Å². The molecule has 1 N–H and O–H groups in total. The molecule has 0 spiro atoms. The zero-order chi connectivity index (χ0) is 23.1. The first-order chi connectivity index (χ1) is 14.5. The van der Waals surface area contributed by atoms with Crippen molar-refractivity contribution < 1.29 is 27.1 Å². The number of nitrogens with zero attached hydrogens (tertiary/aromatic N) is 1. The minimum atomic E-state index is -3.82. The Kier molecular flexibility index (Phi) is 8.12. The van der Waals surface area contributed by atoms with E-state index in [4.69, 9.17) is 8.92 Å². The quantitative estimate of drug-likeness (QED) is 0.250. The zero-order valence-corrected chi connectivity index (χ0v) is 18.5. The van der Waals surface area contributed by atoms with Crippen LogP contribution in [0.4, 0.5) is 10.5 Å². The molecule has 0 bridgehead atoms. The van der Waals surface area contributed by atoms with E-state index in [1.165, 1.54) is 36.4 Å². The molecule has 0 heterocycles. The third-order valence-corrected chi connectivity index (χ3v) is 5.78. The van der Waals surface area contributed by atoms with Crippen LogP contribution in [0.1, 0.15) is 37.8 Å². The molecule has 9 nitrogen and oxygen atoms in total. The number of benzene rings is 2. The van der Waals surface area contributed by atoms with E-state index < -0.39 is 26.7 Å². The summed E-state index contributed by atoms with van der Waals surface area (Å²) in [5.41, 5.74) is 0.880. The molecule has 0 atom stereocenters. The zero-order valence-electron chi connectivity index (χ0n) is 17.7. The summed E-state index contributed by atoms with van der Waals surface area (Å²) >= 11 is 0. The number of carbonyl (C=O) groups is 1. The highest BCUT2D eigenvalue weighted by molar-refractivity contribution is 7.86. The van der Waals surface area contributed by atoms with Gasteiger partial charge in [0.1, 0.15) is 6.61 Å². The van der Waals surface area contributed by atoms with E-state index in [2.05, 4.69) is 5.32 Å². The van der Waals surface area contributed by atoms with E-state index in [0.29, 0.717) is 18.4 Å². The molecule has 2 aromatic rings. The van der Waals surface area contributed by atoms with E-state index in [1.54, 1.807) is 26.0 Å². The van der Waals surface area contributed by atoms with Crippen molar-refractivity contribution in [3.8, 4) is 0 Å². The highest BCUT2D eigenvalue weighted by atomic mass is 32.2. The van der Waals surface area contributed by atoms with Crippen LogP contribution in [0.15, 0.2) is 53.4 Å². The van der Waals surface area contributed by atoms with Gasteiger partial charge in [-0.15, -0.1) is 0 Å². The number of hydrogen-bond donors (Lipinski definition) is 1. The molecule has 0 fully saturated rings. The molecule has 0 aliphatic rings. The van der Waals surface area contributed by atoms with Crippen molar-refractivity contribution in [2.24, 2.45) is 0 Å². The fraction of sp³-hybridized carbons (Fsp3) is 0.381. The van der Waals surface area contributed by atoms with Crippen LogP contribution in [0.5, 0.6) is 0 Å². The van der Waals surface area contributed by atoms with Gasteiger partial charge in [0, 0.05) is 17.7 Å². The summed E-state index contributed by atoms with van der Waals surface area (Å²) in [6.07, 6.45) is 0.223. The van der Waals surface area contributed by atoms with Gasteiger partial charge in [0.05, 0.1) is 16.4 Å². The Labute approximate surface area is 181 Å². The fourth-order valence-corrected chi connectivity index (χ4v) is 3.64. The first kappa shape index (κ1) is 24.3. The fourth-order valence-electron chi connectivity index (χ4n) is 2.69. The maximum atomic E-state index is 12.2. The Hall–Kier alpha value is -2.98. The van der Waals surface area contributed by atoms with Gasteiger partial charge >= 0.3 is 6.09 Å². The normalized spacial score (nSPS) is 11.7. The highest BCUT2D eigenvalue weighted by Crippen LogP contribution is 2.17. The lowest BCUT2D eigenvalue weighted by atomic mass is 9.99. The molecule has 10 heteroatoms. The van der Waals surface area contributed by atoms with E-state index in [-0.39, 0.29) is 23.8 Å². The number of hydrogen-bond acceptors (Lipinski definition) is 7. The van der Waals surface area contributed by atoms with Crippen molar-refractivity contribution in [3.05, 3.63) is 69.8 Å². The monoisotopic (exact) mass is 450 g/mol. The van der Waals surface area contributed by atoms with Crippen LogP contribution < -0.4 is 5.32 Å². The summed E-state index contributed by atoms with van der Waals surface area (Å²) < 4.78 is 34.6. The largest absolute Gasteiger partial charge is 0.445 e. The van der Waals surface area contributed by atoms with Crippen molar-refractivity contribution >= 4 is 21.9 Å². The van der Waals surface area contributed by atoms with Crippen LogP contribution in [0, 0.1) is 17.0 Å². The van der Waals surface area contributed by atoms with Gasteiger partial charge in [0.2, 0.25) is 0 Å². The molecule has 0 aliphatic heterocycles. The van der Waals surface area contributed by atoms with Crippen LogP contribution >= 0.6 is 0 Å². The van der Waals surface area contributed by atoms with Crippen molar-refractivity contribution in [3.63, 3.8) is 0 Å². The number of non-ortho nitro benzene ring substituents is 1. The Morgan fingerprint density at radius 1 is 1.10 bits per heavy atom. The van der Waals surface area contributed by atoms with Crippen LogP contribution in [0.3, 0.4) is 0 Å². The van der Waals surface area contributed by atoms with Gasteiger partial charge < -0.3 is 10.1 Å². The topological polar surface area (TPSA) is 125 Å². The molecular weight excluding hydrogens is 424 g/mol. The van der Waals surface area contributed by atoms with Gasteiger partial charge in [-0.3, -0.25) is 14.3 Å². The number of aryl methyl sites for hydroxylation is 1. The van der Waals surface area contributed by atoms with Gasteiger partial charge in [0.15, 0.2) is 0 Å². The molecule has 0 radical (unpaired) electrons. The summed E-state index contributed by atoms with van der Waals surface area (Å²) in [6.45, 7) is 5.39. The number of rotatable bonds is 10. The van der Waals surface area contributed by atoms with Gasteiger partial charge in [0.25, 0.3) is 15.8 Å². The number of nitro groups is 1. The summed E-state index contributed by atoms with van der Waals surface area (Å²) in [5, 5.41) is 13.4. The maximum Gasteiger partial charge on any atom is 0.407 e.